The number of aromatic nitrogens is 2. The van der Waals surface area contributed by atoms with E-state index >= 15 is 0 Å². The second-order valence-corrected chi connectivity index (χ2v) is 11.8. The fourth-order valence-corrected chi connectivity index (χ4v) is 6.39. The van der Waals surface area contributed by atoms with E-state index in [2.05, 4.69) is 28.7 Å². The van der Waals surface area contributed by atoms with Crippen LogP contribution in [-0.2, 0) is 43.8 Å². The van der Waals surface area contributed by atoms with Crippen molar-refractivity contribution in [2.24, 2.45) is 0 Å². The molecular formula is C13H20N3O15P3. The molecule has 34 heavy (non-hydrogen) atoms. The van der Waals surface area contributed by atoms with Gasteiger partial charge in [-0.3, -0.25) is 9.32 Å². The molecule has 1 fully saturated rings. The minimum absolute atomic E-state index is 0.0264. The zero-order valence-electron chi connectivity index (χ0n) is 16.9. The zero-order valence-corrected chi connectivity index (χ0v) is 19.6. The van der Waals surface area contributed by atoms with Gasteiger partial charge in [0, 0.05) is 6.04 Å². The summed E-state index contributed by atoms with van der Waals surface area (Å²) >= 11 is 0. The maximum absolute atomic E-state index is 12.2. The third-order valence-electron chi connectivity index (χ3n) is 4.68. The number of hydrogen-bond donors (Lipinski definition) is 8. The van der Waals surface area contributed by atoms with Gasteiger partial charge in [0.05, 0.1) is 18.4 Å². The molecule has 2 aliphatic heterocycles. The van der Waals surface area contributed by atoms with E-state index in [1.165, 1.54) is 0 Å². The van der Waals surface area contributed by atoms with Crippen molar-refractivity contribution < 1.29 is 71.3 Å². The fourth-order valence-electron chi connectivity index (χ4n) is 3.36. The third-order valence-corrected chi connectivity index (χ3v) is 8.48. The smallest absolute Gasteiger partial charge is 0.387 e. The van der Waals surface area contributed by atoms with Crippen molar-refractivity contribution in [1.29, 1.82) is 0 Å². The molecule has 0 aromatic carbocycles. The molecule has 1 aromatic rings. The summed E-state index contributed by atoms with van der Waals surface area (Å²) in [5, 5.41) is 41.6. The number of nitrogens with zero attached hydrogens (tertiary/aromatic N) is 2. The molecule has 21 heteroatoms. The van der Waals surface area contributed by atoms with E-state index in [0.29, 0.717) is 0 Å². The Kier molecular flexibility index (Phi) is 7.53. The normalized spacial score (nSPS) is 33.0. The molecule has 18 nitrogen and oxygen atoms in total. The number of nitrogens with one attached hydrogen (secondary N) is 1. The minimum Gasteiger partial charge on any atom is -0.387 e. The molecule has 3 heterocycles. The summed E-state index contributed by atoms with van der Waals surface area (Å²) < 4.78 is 50.6. The van der Waals surface area contributed by atoms with Gasteiger partial charge in [-0.2, -0.15) is 13.7 Å². The summed E-state index contributed by atoms with van der Waals surface area (Å²) in [5.41, 5.74) is -0.217. The van der Waals surface area contributed by atoms with E-state index in [4.69, 9.17) is 19.4 Å². The van der Waals surface area contributed by atoms with Gasteiger partial charge in [-0.25, -0.2) is 13.7 Å². The van der Waals surface area contributed by atoms with Gasteiger partial charge < -0.3 is 44.9 Å². The Hall–Kier alpha value is -1.20. The zero-order chi connectivity index (χ0) is 25.7. The first-order valence-corrected chi connectivity index (χ1v) is 13.7. The number of phosphoric acid groups is 3. The van der Waals surface area contributed by atoms with E-state index in [1.54, 1.807) is 6.92 Å². The number of amides is 1. The van der Waals surface area contributed by atoms with Crippen molar-refractivity contribution in [3.05, 3.63) is 23.0 Å². The number of rotatable bonds is 8. The van der Waals surface area contributed by atoms with Crippen molar-refractivity contribution in [3.8, 4) is 0 Å². The van der Waals surface area contributed by atoms with Gasteiger partial charge in [0.2, 0.25) is 5.79 Å². The summed E-state index contributed by atoms with van der Waals surface area (Å²) in [7, 11) is -16.9. The van der Waals surface area contributed by atoms with Crippen molar-refractivity contribution >= 4 is 29.4 Å². The topological polar surface area (TPSA) is 285 Å². The molecule has 192 valence electrons. The van der Waals surface area contributed by atoms with Crippen LogP contribution in [0.25, 0.3) is 0 Å². The Labute approximate surface area is 189 Å². The molecule has 3 rings (SSSR count). The molecule has 1 saturated heterocycles. The van der Waals surface area contributed by atoms with Crippen LogP contribution in [0, 0.1) is 0 Å². The molecule has 2 aliphatic rings. The molecule has 7 atom stereocenters. The number of aliphatic hydroxyl groups is 3. The number of fused-ring (bicyclic) bond motifs is 1. The van der Waals surface area contributed by atoms with Gasteiger partial charge in [-0.05, 0) is 18.9 Å². The monoisotopic (exact) mass is 551 g/mol. The van der Waals surface area contributed by atoms with E-state index in [-0.39, 0.29) is 17.5 Å². The molecule has 8 N–H and O–H groups in total. The lowest BCUT2D eigenvalue weighted by molar-refractivity contribution is -0.242. The van der Waals surface area contributed by atoms with Crippen LogP contribution in [0.5, 0.6) is 0 Å². The second kappa shape index (κ2) is 9.35. The predicted molar refractivity (Wildman–Crippen MR) is 103 cm³/mol. The van der Waals surface area contributed by atoms with Crippen molar-refractivity contribution in [2.75, 3.05) is 6.61 Å². The van der Waals surface area contributed by atoms with Crippen LogP contribution >= 0.6 is 23.5 Å². The van der Waals surface area contributed by atoms with Crippen LogP contribution in [0.2, 0.25) is 0 Å². The van der Waals surface area contributed by atoms with Crippen LogP contribution in [0.3, 0.4) is 0 Å². The van der Waals surface area contributed by atoms with Crippen molar-refractivity contribution in [3.63, 3.8) is 0 Å². The van der Waals surface area contributed by atoms with E-state index in [1.807, 2.05) is 0 Å². The summed E-state index contributed by atoms with van der Waals surface area (Å²) in [6, 6.07) is -0.392. The van der Waals surface area contributed by atoms with Crippen LogP contribution in [0.4, 0.5) is 0 Å². The number of carbonyl (C=O) groups excluding carboxylic acids is 1. The SMILES string of the molecule is CC1Cc2c(cnnc2[C@]2(O)O[C@H](COP(=O)(O)OP(=O)(O)OP(=O)(O)O)[C@@H](O)[C@H]2O)C(=O)N1. The number of phosphoric ester groups is 1. The fraction of sp³-hybridized carbons (Fsp3) is 0.615. The van der Waals surface area contributed by atoms with Crippen molar-refractivity contribution in [2.45, 2.75) is 43.5 Å². The van der Waals surface area contributed by atoms with Gasteiger partial charge in [0.1, 0.15) is 24.0 Å². The van der Waals surface area contributed by atoms with Crippen molar-refractivity contribution in [1.82, 2.24) is 15.5 Å². The second-order valence-electron chi connectivity index (χ2n) is 7.34. The number of hydrogen-bond acceptors (Lipinski definition) is 13. The molecule has 0 bridgehead atoms. The molecule has 0 aliphatic carbocycles. The maximum atomic E-state index is 12.2. The highest BCUT2D eigenvalue weighted by Crippen LogP contribution is 2.66. The Morgan fingerprint density at radius 3 is 2.44 bits per heavy atom. The van der Waals surface area contributed by atoms with E-state index < -0.39 is 71.8 Å². The summed E-state index contributed by atoms with van der Waals surface area (Å²) in [6.07, 6.45) is -4.61. The maximum Gasteiger partial charge on any atom is 0.490 e. The Morgan fingerprint density at radius 1 is 1.18 bits per heavy atom. The number of aliphatic hydroxyl groups excluding tert-OH is 2. The third kappa shape index (κ3) is 5.95. The van der Waals surface area contributed by atoms with Gasteiger partial charge in [-0.1, -0.05) is 0 Å². The van der Waals surface area contributed by atoms with Gasteiger partial charge in [0.25, 0.3) is 5.91 Å². The molecular weight excluding hydrogens is 531 g/mol. The first kappa shape index (κ1) is 27.4. The molecule has 1 aromatic heterocycles. The van der Waals surface area contributed by atoms with Crippen LogP contribution in [0.15, 0.2) is 6.20 Å². The lowest BCUT2D eigenvalue weighted by Gasteiger charge is -2.30. The number of carbonyl (C=O) groups is 1. The van der Waals surface area contributed by atoms with E-state index in [0.717, 1.165) is 6.20 Å². The first-order valence-electron chi connectivity index (χ1n) is 9.15. The Balaban J connectivity index is 1.78. The quantitative estimate of drug-likeness (QED) is 0.158. The van der Waals surface area contributed by atoms with Gasteiger partial charge in [0.15, 0.2) is 0 Å². The van der Waals surface area contributed by atoms with Crippen LogP contribution < -0.4 is 5.32 Å². The lowest BCUT2D eigenvalue weighted by atomic mass is 9.90. The summed E-state index contributed by atoms with van der Waals surface area (Å²) in [4.78, 5) is 47.9. The van der Waals surface area contributed by atoms with Crippen LogP contribution in [-0.4, -0.2) is 82.0 Å². The van der Waals surface area contributed by atoms with E-state index in [9.17, 15) is 38.7 Å². The molecule has 0 radical (unpaired) electrons. The highest BCUT2D eigenvalue weighted by molar-refractivity contribution is 7.66. The molecule has 0 saturated carbocycles. The van der Waals surface area contributed by atoms with Gasteiger partial charge >= 0.3 is 23.5 Å². The number of ether oxygens (including phenoxy) is 1. The highest BCUT2D eigenvalue weighted by atomic mass is 31.3. The average Bonchev–Trinajstić information content (AvgIpc) is 2.88. The first-order chi connectivity index (χ1) is 15.4. The Morgan fingerprint density at radius 2 is 1.82 bits per heavy atom. The summed E-state index contributed by atoms with van der Waals surface area (Å²) in [5.74, 6) is -3.29. The predicted octanol–water partition coefficient (Wildman–Crippen LogP) is -2.24. The minimum atomic E-state index is -5.78. The Bertz CT molecular complexity index is 1110. The highest BCUT2D eigenvalue weighted by Gasteiger charge is 2.57. The lowest BCUT2D eigenvalue weighted by Crippen LogP contribution is -2.45. The summed E-state index contributed by atoms with van der Waals surface area (Å²) in [6.45, 7) is 0.505. The molecule has 3 unspecified atom stereocenters. The standard InChI is InChI=1S/C13H20N3O15P3/c1-5-2-6-7(12(19)15-5)3-14-16-10(6)13(20)11(18)9(17)8(29-13)4-28-33(24,25)31-34(26,27)30-32(21,22)23/h3,5,8-9,11,17-18,20H,2,4H2,1H3,(H,15,19)(H,24,25)(H,26,27)(H2,21,22,23)/t5?,8-,9-,11-,13+/m1/s1. The van der Waals surface area contributed by atoms with Gasteiger partial charge in [-0.15, -0.1) is 5.10 Å². The molecule has 0 spiro atoms. The largest absolute Gasteiger partial charge is 0.490 e. The average molecular weight is 551 g/mol. The van der Waals surface area contributed by atoms with Crippen LogP contribution in [0.1, 0.15) is 28.5 Å². The molecule has 1 amide bonds.